The molecule has 0 aromatic carbocycles. The summed E-state index contributed by atoms with van der Waals surface area (Å²) < 4.78 is 0. The molecule has 0 aliphatic heterocycles. The summed E-state index contributed by atoms with van der Waals surface area (Å²) in [5, 5.41) is 25.7. The highest BCUT2D eigenvalue weighted by Gasteiger charge is 2.06. The van der Waals surface area contributed by atoms with Gasteiger partial charge in [-0.1, -0.05) is 0 Å². The Morgan fingerprint density at radius 1 is 1.23 bits per heavy atom. The van der Waals surface area contributed by atoms with Crippen LogP contribution in [0.25, 0.3) is 0 Å². The second kappa shape index (κ2) is 12.0. The van der Waals surface area contributed by atoms with Crippen LogP contribution in [0.5, 0.6) is 0 Å². The number of hydrogen-bond acceptors (Lipinski definition) is 6. The van der Waals surface area contributed by atoms with E-state index in [0.29, 0.717) is 50.9 Å². The van der Waals surface area contributed by atoms with Crippen LogP contribution < -0.4 is 21.5 Å². The molecule has 0 spiro atoms. The lowest BCUT2D eigenvalue weighted by molar-refractivity contribution is -0.121. The number of urea groups is 1. The van der Waals surface area contributed by atoms with Crippen molar-refractivity contribution >= 4 is 17.9 Å². The number of unbranched alkanes of at least 4 members (excludes halogenated alkanes) is 1. The van der Waals surface area contributed by atoms with Gasteiger partial charge in [-0.15, -0.1) is 0 Å². The summed E-state index contributed by atoms with van der Waals surface area (Å²) in [6.07, 6.45) is 1.82. The van der Waals surface area contributed by atoms with Crippen molar-refractivity contribution in [1.82, 2.24) is 20.6 Å². The first-order valence-electron chi connectivity index (χ1n) is 8.59. The summed E-state index contributed by atoms with van der Waals surface area (Å²) >= 11 is 0. The van der Waals surface area contributed by atoms with E-state index in [4.69, 9.17) is 10.2 Å². The quantitative estimate of drug-likeness (QED) is 0.292. The van der Waals surface area contributed by atoms with Crippen molar-refractivity contribution in [3.8, 4) is 0 Å². The van der Waals surface area contributed by atoms with Crippen LogP contribution >= 0.6 is 0 Å². The van der Waals surface area contributed by atoms with Crippen LogP contribution in [0.1, 0.15) is 37.8 Å². The zero-order chi connectivity index (χ0) is 19.4. The Morgan fingerprint density at radius 2 is 1.92 bits per heavy atom. The Hall–Kier alpha value is -2.46. The first-order valence-corrected chi connectivity index (χ1v) is 8.59. The average molecular weight is 369 g/mol. The Morgan fingerprint density at radius 3 is 2.58 bits per heavy atom. The van der Waals surface area contributed by atoms with E-state index in [1.54, 1.807) is 6.92 Å². The summed E-state index contributed by atoms with van der Waals surface area (Å²) in [5.41, 5.74) is 0.167. The largest absolute Gasteiger partial charge is 0.394 e. The molecule has 1 aromatic heterocycles. The van der Waals surface area contributed by atoms with Crippen LogP contribution in [0.15, 0.2) is 10.9 Å². The highest BCUT2D eigenvalue weighted by atomic mass is 16.3. The summed E-state index contributed by atoms with van der Waals surface area (Å²) in [7, 11) is 0. The van der Waals surface area contributed by atoms with Gasteiger partial charge in [0.1, 0.15) is 0 Å². The number of aromatic nitrogens is 2. The van der Waals surface area contributed by atoms with Gasteiger partial charge in [0, 0.05) is 31.3 Å². The Balaban J connectivity index is 2.07. The molecule has 1 heterocycles. The van der Waals surface area contributed by atoms with Crippen LogP contribution in [0.4, 0.5) is 10.7 Å². The number of hydrogen-bond donors (Lipinski definition) is 6. The Labute approximate surface area is 151 Å². The van der Waals surface area contributed by atoms with Crippen LogP contribution in [0.3, 0.4) is 0 Å². The molecule has 6 N–H and O–H groups in total. The van der Waals surface area contributed by atoms with Gasteiger partial charge in [-0.05, 0) is 32.6 Å². The number of anilines is 1. The van der Waals surface area contributed by atoms with Crippen molar-refractivity contribution in [2.24, 2.45) is 0 Å². The third-order valence-electron chi connectivity index (χ3n) is 3.47. The summed E-state index contributed by atoms with van der Waals surface area (Å²) in [5.74, 6) is -0.0126. The number of nitrogens with one attached hydrogen (secondary N) is 4. The zero-order valence-electron chi connectivity index (χ0n) is 14.9. The number of aryl methyl sites for hydroxylation is 1. The van der Waals surface area contributed by atoms with Gasteiger partial charge in [-0.2, -0.15) is 4.98 Å². The third-order valence-corrected chi connectivity index (χ3v) is 3.47. The number of H-pyrrole nitrogens is 1. The number of carbonyl (C=O) groups excluding carboxylic acids is 2. The standard InChI is InChI=1S/C16H27N5O5/c1-11-9-14(25)20-15(19-11)21-16(26)18-8-3-2-7-17-13(24)6-4-5-12(23)10-22/h9,12,22-23H,2-8,10H2,1H3,(H,17,24)(H3,18,19,20,21,25,26)/t12-/m0/s1. The fraction of sp³-hybridized carbons (Fsp3) is 0.625. The molecular formula is C16H27N5O5. The SMILES string of the molecule is Cc1cc(=O)nc(NC(=O)NCCCCNC(=O)CCC[C@H](O)CO)[nH]1. The van der Waals surface area contributed by atoms with E-state index in [0.717, 1.165) is 0 Å². The molecule has 0 unspecified atom stereocenters. The summed E-state index contributed by atoms with van der Waals surface area (Å²) in [6.45, 7) is 2.31. The van der Waals surface area contributed by atoms with Crippen molar-refractivity contribution in [3.05, 3.63) is 22.1 Å². The molecule has 0 aliphatic rings. The third kappa shape index (κ3) is 9.74. The van der Waals surface area contributed by atoms with Crippen molar-refractivity contribution < 1.29 is 19.8 Å². The van der Waals surface area contributed by atoms with E-state index in [1.165, 1.54) is 6.07 Å². The fourth-order valence-electron chi connectivity index (χ4n) is 2.15. The van der Waals surface area contributed by atoms with Crippen molar-refractivity contribution in [2.45, 2.75) is 45.1 Å². The molecule has 146 valence electrons. The average Bonchev–Trinajstić information content (AvgIpc) is 2.56. The molecule has 0 radical (unpaired) electrons. The van der Waals surface area contributed by atoms with Gasteiger partial charge in [-0.25, -0.2) is 4.79 Å². The number of amides is 3. The number of aliphatic hydroxyl groups is 2. The van der Waals surface area contributed by atoms with Crippen molar-refractivity contribution in [3.63, 3.8) is 0 Å². The van der Waals surface area contributed by atoms with Crippen molar-refractivity contribution in [2.75, 3.05) is 25.0 Å². The second-order valence-electron chi connectivity index (χ2n) is 5.92. The smallest absolute Gasteiger partial charge is 0.321 e. The predicted molar refractivity (Wildman–Crippen MR) is 95.8 cm³/mol. The molecule has 0 saturated carbocycles. The van der Waals surface area contributed by atoms with E-state index < -0.39 is 17.7 Å². The molecule has 0 aliphatic carbocycles. The van der Waals surface area contributed by atoms with Crippen LogP contribution in [0.2, 0.25) is 0 Å². The van der Waals surface area contributed by atoms with Crippen LogP contribution in [0, 0.1) is 6.92 Å². The van der Waals surface area contributed by atoms with Crippen LogP contribution in [-0.4, -0.2) is 57.9 Å². The monoisotopic (exact) mass is 369 g/mol. The van der Waals surface area contributed by atoms with E-state index in [9.17, 15) is 14.4 Å². The highest BCUT2D eigenvalue weighted by Crippen LogP contribution is 2.00. The van der Waals surface area contributed by atoms with Gasteiger partial charge >= 0.3 is 6.03 Å². The number of rotatable bonds is 11. The maximum Gasteiger partial charge on any atom is 0.321 e. The van der Waals surface area contributed by atoms with Gasteiger partial charge in [0.25, 0.3) is 5.56 Å². The molecule has 1 aromatic rings. The molecule has 0 fully saturated rings. The molecular weight excluding hydrogens is 342 g/mol. The van der Waals surface area contributed by atoms with Gasteiger partial charge in [0.2, 0.25) is 11.9 Å². The van der Waals surface area contributed by atoms with Crippen LogP contribution in [-0.2, 0) is 4.79 Å². The number of nitrogens with zero attached hydrogens (tertiary/aromatic N) is 1. The predicted octanol–water partition coefficient (Wildman–Crippen LogP) is -0.380. The number of aliphatic hydroxyl groups excluding tert-OH is 2. The Kier molecular flexibility index (Phi) is 9.95. The van der Waals surface area contributed by atoms with Gasteiger partial charge in [0.15, 0.2) is 0 Å². The van der Waals surface area contributed by atoms with Gasteiger partial charge in [0.05, 0.1) is 12.7 Å². The minimum Gasteiger partial charge on any atom is -0.394 e. The molecule has 3 amide bonds. The minimum absolute atomic E-state index is 0.0890. The first-order chi connectivity index (χ1) is 12.4. The van der Waals surface area contributed by atoms with Gasteiger partial charge in [-0.3, -0.25) is 14.9 Å². The Bertz CT molecular complexity index is 634. The molecule has 26 heavy (non-hydrogen) atoms. The van der Waals surface area contributed by atoms with Gasteiger partial charge < -0.3 is 25.8 Å². The van der Waals surface area contributed by atoms with E-state index in [1.807, 2.05) is 0 Å². The number of carbonyl (C=O) groups is 2. The van der Waals surface area contributed by atoms with Crippen molar-refractivity contribution in [1.29, 1.82) is 0 Å². The lowest BCUT2D eigenvalue weighted by atomic mass is 10.1. The molecule has 1 atom stereocenters. The lowest BCUT2D eigenvalue weighted by Crippen LogP contribution is -2.31. The van der Waals surface area contributed by atoms with E-state index in [2.05, 4.69) is 25.9 Å². The summed E-state index contributed by atoms with van der Waals surface area (Å²) in [6, 6.07) is 0.858. The second-order valence-corrected chi connectivity index (χ2v) is 5.92. The molecule has 10 heteroatoms. The zero-order valence-corrected chi connectivity index (χ0v) is 14.9. The first kappa shape index (κ1) is 21.6. The summed E-state index contributed by atoms with van der Waals surface area (Å²) in [4.78, 5) is 40.9. The van der Waals surface area contributed by atoms with E-state index >= 15 is 0 Å². The van der Waals surface area contributed by atoms with E-state index in [-0.39, 0.29) is 18.5 Å². The highest BCUT2D eigenvalue weighted by molar-refractivity contribution is 5.87. The normalized spacial score (nSPS) is 11.7. The molecule has 0 saturated heterocycles. The topological polar surface area (TPSA) is 156 Å². The number of aromatic amines is 1. The molecule has 1 rings (SSSR count). The fourth-order valence-corrected chi connectivity index (χ4v) is 2.15. The maximum absolute atomic E-state index is 11.7. The molecule has 10 nitrogen and oxygen atoms in total. The maximum atomic E-state index is 11.7. The lowest BCUT2D eigenvalue weighted by Gasteiger charge is -2.08. The molecule has 0 bridgehead atoms. The minimum atomic E-state index is -0.771.